The van der Waals surface area contributed by atoms with Gasteiger partial charge in [0.1, 0.15) is 17.4 Å². The van der Waals surface area contributed by atoms with Gasteiger partial charge in [-0.1, -0.05) is 0 Å². The number of rotatable bonds is 7. The van der Waals surface area contributed by atoms with E-state index in [-0.39, 0.29) is 31.2 Å². The van der Waals surface area contributed by atoms with Crippen LogP contribution in [0.4, 0.5) is 15.8 Å². The number of hydrogen-bond donors (Lipinski definition) is 2. The van der Waals surface area contributed by atoms with E-state index in [1.54, 1.807) is 18.2 Å². The van der Waals surface area contributed by atoms with Gasteiger partial charge in [-0.3, -0.25) is 9.59 Å². The van der Waals surface area contributed by atoms with Crippen molar-refractivity contribution in [1.82, 2.24) is 15.6 Å². The summed E-state index contributed by atoms with van der Waals surface area (Å²) in [6.45, 7) is -0.278. The maximum absolute atomic E-state index is 13.1. The SMILES string of the molecule is CN(c1ccc(F)cc1)c1ccc2nc(CC(=O)NCC(=O)NCC#N)sc2c1. The Labute approximate surface area is 170 Å². The third kappa shape index (κ3) is 5.27. The molecule has 7 nitrogen and oxygen atoms in total. The molecule has 0 fully saturated rings. The summed E-state index contributed by atoms with van der Waals surface area (Å²) in [6, 6.07) is 13.8. The first-order valence-corrected chi connectivity index (χ1v) is 9.57. The molecular weight excluding hydrogens is 393 g/mol. The molecule has 0 saturated carbocycles. The largest absolute Gasteiger partial charge is 0.347 e. The van der Waals surface area contributed by atoms with E-state index in [0.29, 0.717) is 5.01 Å². The van der Waals surface area contributed by atoms with Crippen LogP contribution in [0, 0.1) is 17.1 Å². The Morgan fingerprint density at radius 3 is 2.59 bits per heavy atom. The molecule has 2 amide bonds. The van der Waals surface area contributed by atoms with Crippen molar-refractivity contribution in [3.8, 4) is 6.07 Å². The van der Waals surface area contributed by atoms with Crippen LogP contribution in [-0.4, -0.2) is 36.9 Å². The summed E-state index contributed by atoms with van der Waals surface area (Å²) in [6.07, 6.45) is 0.0635. The summed E-state index contributed by atoms with van der Waals surface area (Å²) in [5.41, 5.74) is 2.54. The van der Waals surface area contributed by atoms with E-state index in [1.165, 1.54) is 23.5 Å². The van der Waals surface area contributed by atoms with E-state index in [1.807, 2.05) is 30.1 Å². The molecule has 148 valence electrons. The second kappa shape index (κ2) is 9.12. The molecule has 0 aliphatic rings. The van der Waals surface area contributed by atoms with E-state index in [9.17, 15) is 14.0 Å². The molecule has 0 atom stereocenters. The minimum Gasteiger partial charge on any atom is -0.347 e. The summed E-state index contributed by atoms with van der Waals surface area (Å²) < 4.78 is 14.1. The van der Waals surface area contributed by atoms with Crippen molar-refractivity contribution >= 4 is 44.7 Å². The van der Waals surface area contributed by atoms with E-state index in [2.05, 4.69) is 15.6 Å². The smallest absolute Gasteiger partial charge is 0.240 e. The first-order chi connectivity index (χ1) is 14.0. The van der Waals surface area contributed by atoms with Crippen LogP contribution in [-0.2, 0) is 16.0 Å². The van der Waals surface area contributed by atoms with E-state index in [4.69, 9.17) is 5.26 Å². The molecule has 9 heteroatoms. The molecule has 1 aromatic heterocycles. The first-order valence-electron chi connectivity index (χ1n) is 8.75. The number of fused-ring (bicyclic) bond motifs is 1. The van der Waals surface area contributed by atoms with Crippen LogP contribution in [0.5, 0.6) is 0 Å². The molecule has 3 rings (SSSR count). The molecular formula is C20H18FN5O2S. The molecule has 0 aliphatic carbocycles. The summed E-state index contributed by atoms with van der Waals surface area (Å²) >= 11 is 1.40. The monoisotopic (exact) mass is 411 g/mol. The quantitative estimate of drug-likeness (QED) is 0.582. The molecule has 0 radical (unpaired) electrons. The van der Waals surface area contributed by atoms with Gasteiger partial charge in [0, 0.05) is 18.4 Å². The van der Waals surface area contributed by atoms with Gasteiger partial charge >= 0.3 is 0 Å². The molecule has 1 heterocycles. The zero-order valence-corrected chi connectivity index (χ0v) is 16.4. The average Bonchev–Trinajstić information content (AvgIpc) is 3.12. The van der Waals surface area contributed by atoms with Crippen LogP contribution in [0.15, 0.2) is 42.5 Å². The molecule has 3 aromatic rings. The van der Waals surface area contributed by atoms with Gasteiger partial charge in [-0.25, -0.2) is 9.37 Å². The predicted octanol–water partition coefficient (Wildman–Crippen LogP) is 2.50. The Kier molecular flexibility index (Phi) is 6.36. The maximum atomic E-state index is 13.1. The number of anilines is 2. The van der Waals surface area contributed by atoms with Crippen LogP contribution < -0.4 is 15.5 Å². The van der Waals surface area contributed by atoms with Crippen LogP contribution in [0.25, 0.3) is 10.2 Å². The lowest BCUT2D eigenvalue weighted by Crippen LogP contribution is -2.37. The van der Waals surface area contributed by atoms with Gasteiger partial charge in [0.15, 0.2) is 0 Å². The number of nitrogens with zero attached hydrogens (tertiary/aromatic N) is 3. The Morgan fingerprint density at radius 1 is 1.14 bits per heavy atom. The van der Waals surface area contributed by atoms with Gasteiger partial charge in [0.05, 0.1) is 29.3 Å². The summed E-state index contributed by atoms with van der Waals surface area (Å²) in [5, 5.41) is 13.9. The highest BCUT2D eigenvalue weighted by Gasteiger charge is 2.12. The molecule has 0 saturated heterocycles. The van der Waals surface area contributed by atoms with Crippen molar-refractivity contribution < 1.29 is 14.0 Å². The highest BCUT2D eigenvalue weighted by molar-refractivity contribution is 7.18. The van der Waals surface area contributed by atoms with Gasteiger partial charge in [0.2, 0.25) is 11.8 Å². The van der Waals surface area contributed by atoms with Gasteiger partial charge in [0.25, 0.3) is 0 Å². The number of halogens is 1. The van der Waals surface area contributed by atoms with E-state index < -0.39 is 5.91 Å². The third-order valence-electron chi connectivity index (χ3n) is 4.14. The maximum Gasteiger partial charge on any atom is 0.240 e. The fourth-order valence-corrected chi connectivity index (χ4v) is 3.64. The zero-order valence-electron chi connectivity index (χ0n) is 15.6. The molecule has 0 spiro atoms. The number of carbonyl (C=O) groups excluding carboxylic acids is 2. The number of thiazole rings is 1. The van der Waals surface area contributed by atoms with Crippen molar-refractivity contribution in [1.29, 1.82) is 5.26 Å². The minimum atomic E-state index is -0.419. The topological polar surface area (TPSA) is 98.1 Å². The number of carbonyl (C=O) groups is 2. The Balaban J connectivity index is 1.66. The Hall–Kier alpha value is -3.51. The highest BCUT2D eigenvalue weighted by Crippen LogP contribution is 2.30. The van der Waals surface area contributed by atoms with Crippen LogP contribution in [0.1, 0.15) is 5.01 Å². The number of benzene rings is 2. The standard InChI is InChI=1S/C20H18FN5O2S/c1-26(14-4-2-13(21)3-5-14)15-6-7-16-17(10-15)29-20(25-16)11-18(27)24-12-19(28)23-9-8-22/h2-7,10H,9,11-12H2,1H3,(H,23,28)(H,24,27). The van der Waals surface area contributed by atoms with Crippen molar-refractivity contribution in [2.45, 2.75) is 6.42 Å². The van der Waals surface area contributed by atoms with Crippen LogP contribution >= 0.6 is 11.3 Å². The number of aromatic nitrogens is 1. The molecule has 2 N–H and O–H groups in total. The van der Waals surface area contributed by atoms with Crippen molar-refractivity contribution in [2.75, 3.05) is 25.0 Å². The fourth-order valence-electron chi connectivity index (χ4n) is 2.64. The van der Waals surface area contributed by atoms with Crippen LogP contribution in [0.3, 0.4) is 0 Å². The first kappa shape index (κ1) is 20.2. The summed E-state index contributed by atoms with van der Waals surface area (Å²) in [7, 11) is 1.89. The number of nitrogens with one attached hydrogen (secondary N) is 2. The Morgan fingerprint density at radius 2 is 1.86 bits per heavy atom. The van der Waals surface area contributed by atoms with Crippen molar-refractivity contribution in [3.63, 3.8) is 0 Å². The molecule has 0 unspecified atom stereocenters. The lowest BCUT2D eigenvalue weighted by atomic mass is 10.2. The lowest BCUT2D eigenvalue weighted by Gasteiger charge is -2.19. The molecule has 0 aliphatic heterocycles. The predicted molar refractivity (Wildman–Crippen MR) is 109 cm³/mol. The average molecular weight is 411 g/mol. The molecule has 2 aromatic carbocycles. The second-order valence-corrected chi connectivity index (χ2v) is 7.30. The summed E-state index contributed by atoms with van der Waals surface area (Å²) in [5.74, 6) is -1.02. The van der Waals surface area contributed by atoms with E-state index >= 15 is 0 Å². The van der Waals surface area contributed by atoms with Crippen molar-refractivity contribution in [2.24, 2.45) is 0 Å². The fraction of sp³-hybridized carbons (Fsp3) is 0.200. The van der Waals surface area contributed by atoms with Gasteiger partial charge in [-0.2, -0.15) is 5.26 Å². The number of amides is 2. The Bertz CT molecular complexity index is 1070. The third-order valence-corrected chi connectivity index (χ3v) is 5.16. The molecule has 29 heavy (non-hydrogen) atoms. The summed E-state index contributed by atoms with van der Waals surface area (Å²) in [4.78, 5) is 29.8. The minimum absolute atomic E-state index is 0.0635. The van der Waals surface area contributed by atoms with E-state index in [0.717, 1.165) is 21.6 Å². The number of hydrogen-bond acceptors (Lipinski definition) is 6. The van der Waals surface area contributed by atoms with Gasteiger partial charge in [-0.05, 0) is 42.5 Å². The lowest BCUT2D eigenvalue weighted by molar-refractivity contribution is -0.125. The van der Waals surface area contributed by atoms with Gasteiger partial charge in [-0.15, -0.1) is 11.3 Å². The second-order valence-electron chi connectivity index (χ2n) is 6.18. The normalized spacial score (nSPS) is 10.4. The zero-order chi connectivity index (χ0) is 20.8. The molecule has 0 bridgehead atoms. The highest BCUT2D eigenvalue weighted by atomic mass is 32.1. The number of nitriles is 1. The van der Waals surface area contributed by atoms with Crippen LogP contribution in [0.2, 0.25) is 0 Å². The van der Waals surface area contributed by atoms with Gasteiger partial charge < -0.3 is 15.5 Å². The van der Waals surface area contributed by atoms with Crippen molar-refractivity contribution in [3.05, 3.63) is 53.3 Å².